The first-order valence-electron chi connectivity index (χ1n) is 8.96. The molecule has 4 aromatic rings. The van der Waals surface area contributed by atoms with Gasteiger partial charge in [-0.3, -0.25) is 14.8 Å². The predicted octanol–water partition coefficient (Wildman–Crippen LogP) is 4.54. The molecule has 150 valence electrons. The molecule has 0 spiro atoms. The van der Waals surface area contributed by atoms with Gasteiger partial charge in [-0.25, -0.2) is 10.5 Å². The number of aromatic nitrogens is 2. The number of hydrogen-bond acceptors (Lipinski definition) is 4. The summed E-state index contributed by atoms with van der Waals surface area (Å²) < 4.78 is 1.58. The lowest BCUT2D eigenvalue weighted by Crippen LogP contribution is -2.24. The number of fused-ring (bicyclic) bond motifs is 1. The summed E-state index contributed by atoms with van der Waals surface area (Å²) in [5, 5.41) is 9.43. The van der Waals surface area contributed by atoms with Crippen LogP contribution in [0.1, 0.15) is 15.9 Å². The number of amides is 1. The minimum atomic E-state index is -0.610. The number of hydroxylamine groups is 1. The molecule has 30 heavy (non-hydrogen) atoms. The summed E-state index contributed by atoms with van der Waals surface area (Å²) in [4.78, 5) is 29.4. The van der Waals surface area contributed by atoms with E-state index in [0.29, 0.717) is 37.9 Å². The zero-order valence-corrected chi connectivity index (χ0v) is 17.0. The molecule has 6 nitrogen and oxygen atoms in total. The highest BCUT2D eigenvalue weighted by atomic mass is 35.5. The van der Waals surface area contributed by atoms with Gasteiger partial charge in [-0.15, -0.1) is 0 Å². The summed E-state index contributed by atoms with van der Waals surface area (Å²) in [5.74, 6) is -0.610. The Hall–Kier alpha value is -3.19. The van der Waals surface area contributed by atoms with Crippen LogP contribution in [-0.2, 0) is 6.54 Å². The molecule has 1 amide bonds. The Kier molecular flexibility index (Phi) is 5.55. The molecule has 1 aromatic heterocycles. The molecule has 0 saturated carbocycles. The second kappa shape index (κ2) is 8.28. The van der Waals surface area contributed by atoms with Crippen molar-refractivity contribution in [1.29, 1.82) is 0 Å². The van der Waals surface area contributed by atoms with E-state index in [1.165, 1.54) is 0 Å². The summed E-state index contributed by atoms with van der Waals surface area (Å²) >= 11 is 12.4. The molecule has 0 fully saturated rings. The zero-order chi connectivity index (χ0) is 21.3. The van der Waals surface area contributed by atoms with Gasteiger partial charge in [0.25, 0.3) is 11.5 Å². The number of rotatable bonds is 4. The van der Waals surface area contributed by atoms with E-state index in [9.17, 15) is 9.59 Å². The first-order chi connectivity index (χ1) is 14.5. The molecule has 1 heterocycles. The monoisotopic (exact) mass is 439 g/mol. The van der Waals surface area contributed by atoms with Crippen LogP contribution in [-0.4, -0.2) is 20.7 Å². The Balaban J connectivity index is 1.89. The third kappa shape index (κ3) is 3.80. The van der Waals surface area contributed by atoms with Crippen LogP contribution in [0.15, 0.2) is 71.5 Å². The van der Waals surface area contributed by atoms with Gasteiger partial charge >= 0.3 is 0 Å². The fourth-order valence-corrected chi connectivity index (χ4v) is 3.50. The zero-order valence-electron chi connectivity index (χ0n) is 15.5. The molecular weight excluding hydrogens is 425 g/mol. The van der Waals surface area contributed by atoms with Crippen molar-refractivity contribution >= 4 is 40.1 Å². The SMILES string of the molecule is O=C(NO)c1ccc(Cn2c(=O)c(-c3ccccc3)nc3cc(Cl)c(Cl)cc32)cc1. The number of nitrogens with zero attached hydrogens (tertiary/aromatic N) is 2. The first-order valence-corrected chi connectivity index (χ1v) is 9.72. The molecule has 4 rings (SSSR count). The number of carbonyl (C=O) groups is 1. The number of hydrogen-bond donors (Lipinski definition) is 2. The molecule has 0 atom stereocenters. The second-order valence-electron chi connectivity index (χ2n) is 6.61. The highest BCUT2D eigenvalue weighted by molar-refractivity contribution is 6.42. The number of carbonyl (C=O) groups excluding carboxylic acids is 1. The summed E-state index contributed by atoms with van der Waals surface area (Å²) in [7, 11) is 0. The van der Waals surface area contributed by atoms with Crippen LogP contribution in [0.3, 0.4) is 0 Å². The fraction of sp³-hybridized carbons (Fsp3) is 0.0455. The van der Waals surface area contributed by atoms with E-state index in [1.807, 2.05) is 30.3 Å². The minimum Gasteiger partial charge on any atom is -0.300 e. The van der Waals surface area contributed by atoms with Crippen LogP contribution in [0.2, 0.25) is 10.0 Å². The van der Waals surface area contributed by atoms with E-state index >= 15 is 0 Å². The average Bonchev–Trinajstić information content (AvgIpc) is 2.77. The highest BCUT2D eigenvalue weighted by Gasteiger charge is 2.15. The van der Waals surface area contributed by atoms with E-state index in [0.717, 1.165) is 5.56 Å². The lowest BCUT2D eigenvalue weighted by molar-refractivity contribution is 0.0706. The third-order valence-electron chi connectivity index (χ3n) is 4.69. The van der Waals surface area contributed by atoms with E-state index in [-0.39, 0.29) is 12.1 Å². The highest BCUT2D eigenvalue weighted by Crippen LogP contribution is 2.28. The van der Waals surface area contributed by atoms with Gasteiger partial charge in [0.05, 0.1) is 27.6 Å². The topological polar surface area (TPSA) is 84.2 Å². The maximum atomic E-state index is 13.3. The van der Waals surface area contributed by atoms with Gasteiger partial charge in [-0.1, -0.05) is 65.7 Å². The first kappa shape index (κ1) is 20.1. The van der Waals surface area contributed by atoms with E-state index in [4.69, 9.17) is 28.4 Å². The largest absolute Gasteiger partial charge is 0.300 e. The van der Waals surface area contributed by atoms with Gasteiger partial charge < -0.3 is 4.57 Å². The predicted molar refractivity (Wildman–Crippen MR) is 116 cm³/mol. The summed E-state index contributed by atoms with van der Waals surface area (Å²) in [6.07, 6.45) is 0. The molecule has 0 aliphatic rings. The number of halogens is 2. The molecule has 2 N–H and O–H groups in total. The molecule has 0 unspecified atom stereocenters. The van der Waals surface area contributed by atoms with Crippen molar-refractivity contribution in [1.82, 2.24) is 15.0 Å². The van der Waals surface area contributed by atoms with Crippen LogP contribution in [0.5, 0.6) is 0 Å². The average molecular weight is 440 g/mol. The van der Waals surface area contributed by atoms with E-state index in [2.05, 4.69) is 4.98 Å². The van der Waals surface area contributed by atoms with Gasteiger partial charge in [-0.2, -0.15) is 0 Å². The molecule has 0 aliphatic heterocycles. The molecule has 0 bridgehead atoms. The number of benzene rings is 3. The Morgan fingerprint density at radius 2 is 1.67 bits per heavy atom. The Morgan fingerprint density at radius 3 is 2.33 bits per heavy atom. The van der Waals surface area contributed by atoms with Crippen LogP contribution in [0, 0.1) is 0 Å². The van der Waals surface area contributed by atoms with Crippen molar-refractivity contribution in [3.63, 3.8) is 0 Å². The van der Waals surface area contributed by atoms with Crippen molar-refractivity contribution in [3.8, 4) is 11.3 Å². The van der Waals surface area contributed by atoms with E-state index < -0.39 is 5.91 Å². The lowest BCUT2D eigenvalue weighted by Gasteiger charge is -2.14. The van der Waals surface area contributed by atoms with Crippen molar-refractivity contribution in [2.45, 2.75) is 6.54 Å². The van der Waals surface area contributed by atoms with Gasteiger partial charge in [0.2, 0.25) is 0 Å². The molecule has 0 aliphatic carbocycles. The molecule has 0 radical (unpaired) electrons. The number of nitrogens with one attached hydrogen (secondary N) is 1. The molecule has 0 saturated heterocycles. The Bertz CT molecular complexity index is 1300. The van der Waals surface area contributed by atoms with Crippen LogP contribution < -0.4 is 11.0 Å². The Morgan fingerprint density at radius 1 is 1.00 bits per heavy atom. The van der Waals surface area contributed by atoms with Crippen molar-refractivity contribution in [3.05, 3.63) is 98.3 Å². The second-order valence-corrected chi connectivity index (χ2v) is 7.43. The summed E-state index contributed by atoms with van der Waals surface area (Å²) in [6.45, 7) is 0.233. The minimum absolute atomic E-state index is 0.233. The smallest absolute Gasteiger partial charge is 0.277 e. The molecular formula is C22H15Cl2N3O3. The van der Waals surface area contributed by atoms with Crippen molar-refractivity contribution in [2.75, 3.05) is 0 Å². The van der Waals surface area contributed by atoms with Gasteiger partial charge in [0.15, 0.2) is 0 Å². The van der Waals surface area contributed by atoms with Crippen LogP contribution in [0.4, 0.5) is 0 Å². The normalized spacial score (nSPS) is 10.9. The van der Waals surface area contributed by atoms with Crippen LogP contribution in [0.25, 0.3) is 22.3 Å². The van der Waals surface area contributed by atoms with E-state index in [1.54, 1.807) is 46.4 Å². The molecule has 8 heteroatoms. The van der Waals surface area contributed by atoms with Crippen molar-refractivity contribution < 1.29 is 10.0 Å². The molecule has 3 aromatic carbocycles. The lowest BCUT2D eigenvalue weighted by atomic mass is 10.1. The van der Waals surface area contributed by atoms with Crippen LogP contribution >= 0.6 is 23.2 Å². The van der Waals surface area contributed by atoms with Gasteiger partial charge in [-0.05, 0) is 29.8 Å². The van der Waals surface area contributed by atoms with Gasteiger partial charge in [0, 0.05) is 11.1 Å². The summed E-state index contributed by atoms with van der Waals surface area (Å²) in [6, 6.07) is 19.0. The van der Waals surface area contributed by atoms with Crippen molar-refractivity contribution in [2.24, 2.45) is 0 Å². The quantitative estimate of drug-likeness (QED) is 0.361. The van der Waals surface area contributed by atoms with Gasteiger partial charge in [0.1, 0.15) is 5.69 Å². The maximum Gasteiger partial charge on any atom is 0.277 e. The maximum absolute atomic E-state index is 13.3. The standard InChI is InChI=1S/C22H15Cl2N3O3/c23-16-10-18-19(11-17(16)24)27(12-13-6-8-15(9-7-13)21(28)26-30)22(29)20(25-18)14-4-2-1-3-5-14/h1-11,30H,12H2,(H,26,28). The summed E-state index contributed by atoms with van der Waals surface area (Å²) in [5.41, 5.74) is 4.48. The third-order valence-corrected chi connectivity index (χ3v) is 5.42. The fourth-order valence-electron chi connectivity index (χ4n) is 3.19. The Labute approximate surface area is 181 Å².